The molecule has 0 heterocycles. The second-order valence-corrected chi connectivity index (χ2v) is 5.88. The Balaban J connectivity index is 1.85. The summed E-state index contributed by atoms with van der Waals surface area (Å²) in [6.07, 6.45) is 8.09. The Labute approximate surface area is 115 Å². The van der Waals surface area contributed by atoms with Gasteiger partial charge in [-0.05, 0) is 41.2 Å². The lowest BCUT2D eigenvalue weighted by molar-refractivity contribution is 0.382. The highest BCUT2D eigenvalue weighted by Crippen LogP contribution is 2.32. The van der Waals surface area contributed by atoms with Crippen LogP contribution < -0.4 is 5.73 Å². The molecule has 1 nitrogen and oxygen atoms in total. The predicted molar refractivity (Wildman–Crippen MR) is 82.1 cm³/mol. The van der Waals surface area contributed by atoms with Crippen LogP contribution in [0.2, 0.25) is 0 Å². The summed E-state index contributed by atoms with van der Waals surface area (Å²) in [4.78, 5) is 0. The van der Waals surface area contributed by atoms with Crippen molar-refractivity contribution in [3.8, 4) is 0 Å². The van der Waals surface area contributed by atoms with Crippen LogP contribution >= 0.6 is 0 Å². The minimum Gasteiger partial charge on any atom is -0.324 e. The Hall–Kier alpha value is -1.34. The van der Waals surface area contributed by atoms with Crippen molar-refractivity contribution in [2.24, 2.45) is 11.7 Å². The van der Waals surface area contributed by atoms with Crippen LogP contribution in [0, 0.1) is 5.92 Å². The molecule has 0 spiro atoms. The van der Waals surface area contributed by atoms with Crippen molar-refractivity contribution in [1.29, 1.82) is 0 Å². The van der Waals surface area contributed by atoms with Crippen molar-refractivity contribution < 1.29 is 0 Å². The highest BCUT2D eigenvalue weighted by atomic mass is 14.7. The average Bonchev–Trinajstić information content (AvgIpc) is 2.75. The second-order valence-electron chi connectivity index (χ2n) is 5.88. The summed E-state index contributed by atoms with van der Waals surface area (Å²) in [6, 6.07) is 15.5. The first-order valence-electron chi connectivity index (χ1n) is 7.59. The molecular weight excluding hydrogens is 230 g/mol. The summed E-state index contributed by atoms with van der Waals surface area (Å²) in [5.41, 5.74) is 7.84. The summed E-state index contributed by atoms with van der Waals surface area (Å²) >= 11 is 0. The Morgan fingerprint density at radius 2 is 1.53 bits per heavy atom. The smallest absolute Gasteiger partial charge is 0.0323 e. The van der Waals surface area contributed by atoms with E-state index in [1.54, 1.807) is 0 Å². The molecule has 1 fully saturated rings. The molecule has 2 aromatic carbocycles. The molecule has 0 aliphatic heterocycles. The van der Waals surface area contributed by atoms with E-state index in [2.05, 4.69) is 42.5 Å². The van der Waals surface area contributed by atoms with Gasteiger partial charge in [0.2, 0.25) is 0 Å². The van der Waals surface area contributed by atoms with E-state index in [0.29, 0.717) is 5.92 Å². The fourth-order valence-electron chi connectivity index (χ4n) is 3.36. The van der Waals surface area contributed by atoms with Crippen molar-refractivity contribution >= 4 is 10.8 Å². The molecule has 1 aliphatic carbocycles. The predicted octanol–water partition coefficient (Wildman–Crippen LogP) is 4.81. The zero-order valence-electron chi connectivity index (χ0n) is 11.5. The molecule has 100 valence electrons. The molecule has 1 heteroatoms. The molecule has 3 rings (SSSR count). The van der Waals surface area contributed by atoms with Crippen LogP contribution in [0.3, 0.4) is 0 Å². The van der Waals surface area contributed by atoms with Gasteiger partial charge in [-0.15, -0.1) is 0 Å². The molecule has 0 saturated heterocycles. The average molecular weight is 253 g/mol. The van der Waals surface area contributed by atoms with Crippen LogP contribution in [-0.4, -0.2) is 0 Å². The highest BCUT2D eigenvalue weighted by molar-refractivity contribution is 5.83. The third-order valence-corrected chi connectivity index (χ3v) is 4.57. The van der Waals surface area contributed by atoms with Crippen molar-refractivity contribution in [2.75, 3.05) is 0 Å². The van der Waals surface area contributed by atoms with Gasteiger partial charge in [-0.3, -0.25) is 0 Å². The molecule has 1 aliphatic rings. The first-order chi connectivity index (χ1) is 9.34. The van der Waals surface area contributed by atoms with Crippen LogP contribution in [0.4, 0.5) is 0 Å². The molecule has 1 atom stereocenters. The summed E-state index contributed by atoms with van der Waals surface area (Å²) < 4.78 is 0. The fourth-order valence-corrected chi connectivity index (χ4v) is 3.36. The number of rotatable bonds is 2. The molecule has 0 radical (unpaired) electrons. The maximum Gasteiger partial charge on any atom is 0.0323 e. The van der Waals surface area contributed by atoms with Gasteiger partial charge in [-0.25, -0.2) is 0 Å². The largest absolute Gasteiger partial charge is 0.324 e. The second kappa shape index (κ2) is 5.75. The van der Waals surface area contributed by atoms with Crippen LogP contribution in [0.25, 0.3) is 10.8 Å². The fraction of sp³-hybridized carbons (Fsp3) is 0.444. The lowest BCUT2D eigenvalue weighted by Crippen LogP contribution is -2.21. The van der Waals surface area contributed by atoms with E-state index in [1.165, 1.54) is 54.9 Å². The molecule has 1 saturated carbocycles. The van der Waals surface area contributed by atoms with Gasteiger partial charge in [0.25, 0.3) is 0 Å². The van der Waals surface area contributed by atoms with Crippen molar-refractivity contribution in [3.63, 3.8) is 0 Å². The molecule has 0 aromatic heterocycles. The monoisotopic (exact) mass is 253 g/mol. The zero-order valence-corrected chi connectivity index (χ0v) is 11.5. The molecule has 0 amide bonds. The molecule has 0 bridgehead atoms. The Kier molecular flexibility index (Phi) is 3.84. The summed E-state index contributed by atoms with van der Waals surface area (Å²) in [5, 5.41) is 2.61. The van der Waals surface area contributed by atoms with E-state index in [1.807, 2.05) is 0 Å². The topological polar surface area (TPSA) is 26.0 Å². The van der Waals surface area contributed by atoms with Gasteiger partial charge in [-0.2, -0.15) is 0 Å². The Bertz CT molecular complexity index is 538. The van der Waals surface area contributed by atoms with Gasteiger partial charge in [0.05, 0.1) is 0 Å². The summed E-state index contributed by atoms with van der Waals surface area (Å²) in [6.45, 7) is 0. The van der Waals surface area contributed by atoms with Crippen LogP contribution in [0.5, 0.6) is 0 Å². The molecule has 19 heavy (non-hydrogen) atoms. The van der Waals surface area contributed by atoms with Gasteiger partial charge in [-0.1, -0.05) is 62.1 Å². The maximum absolute atomic E-state index is 6.53. The van der Waals surface area contributed by atoms with Crippen molar-refractivity contribution in [3.05, 3.63) is 48.0 Å². The highest BCUT2D eigenvalue weighted by Gasteiger charge is 2.20. The van der Waals surface area contributed by atoms with Gasteiger partial charge >= 0.3 is 0 Å². The lowest BCUT2D eigenvalue weighted by Gasteiger charge is -2.23. The third-order valence-electron chi connectivity index (χ3n) is 4.57. The number of fused-ring (bicyclic) bond motifs is 1. The lowest BCUT2D eigenvalue weighted by atomic mass is 9.87. The van der Waals surface area contributed by atoms with Crippen molar-refractivity contribution in [2.45, 2.75) is 44.6 Å². The number of hydrogen-bond donors (Lipinski definition) is 1. The molecule has 2 N–H and O–H groups in total. The van der Waals surface area contributed by atoms with Gasteiger partial charge in [0.1, 0.15) is 0 Å². The van der Waals surface area contributed by atoms with E-state index in [9.17, 15) is 0 Å². The van der Waals surface area contributed by atoms with E-state index < -0.39 is 0 Å². The van der Waals surface area contributed by atoms with Gasteiger partial charge in [0.15, 0.2) is 0 Å². The number of nitrogens with two attached hydrogens (primary N) is 1. The standard InChI is InChI=1S/C18H23N/c19-18(15-8-3-1-2-4-9-15)17-12-11-14-7-5-6-10-16(14)13-17/h5-7,10-13,15,18H,1-4,8-9,19H2. The van der Waals surface area contributed by atoms with Crippen molar-refractivity contribution in [1.82, 2.24) is 0 Å². The van der Waals surface area contributed by atoms with E-state index in [0.717, 1.165) is 0 Å². The van der Waals surface area contributed by atoms with Crippen LogP contribution in [0.15, 0.2) is 42.5 Å². The van der Waals surface area contributed by atoms with Crippen LogP contribution in [0.1, 0.15) is 50.1 Å². The van der Waals surface area contributed by atoms with Gasteiger partial charge in [0, 0.05) is 6.04 Å². The minimum atomic E-state index is 0.211. The first kappa shape index (κ1) is 12.7. The summed E-state index contributed by atoms with van der Waals surface area (Å²) in [7, 11) is 0. The van der Waals surface area contributed by atoms with E-state index in [4.69, 9.17) is 5.73 Å². The zero-order chi connectivity index (χ0) is 13.1. The Morgan fingerprint density at radius 3 is 2.26 bits per heavy atom. The van der Waals surface area contributed by atoms with Gasteiger partial charge < -0.3 is 5.73 Å². The van der Waals surface area contributed by atoms with E-state index >= 15 is 0 Å². The third kappa shape index (κ3) is 2.82. The van der Waals surface area contributed by atoms with Crippen LogP contribution in [-0.2, 0) is 0 Å². The van der Waals surface area contributed by atoms with E-state index in [-0.39, 0.29) is 6.04 Å². The molecular formula is C18H23N. The number of benzene rings is 2. The quantitative estimate of drug-likeness (QED) is 0.764. The Morgan fingerprint density at radius 1 is 0.842 bits per heavy atom. The summed E-state index contributed by atoms with van der Waals surface area (Å²) in [5.74, 6) is 0.670. The maximum atomic E-state index is 6.53. The number of hydrogen-bond acceptors (Lipinski definition) is 1. The first-order valence-corrected chi connectivity index (χ1v) is 7.59. The molecule has 2 aromatic rings. The SMILES string of the molecule is NC(c1ccc2ccccc2c1)C1CCCCCC1. The normalized spacial score (nSPS) is 19.2. The molecule has 1 unspecified atom stereocenters. The minimum absolute atomic E-state index is 0.211.